The van der Waals surface area contributed by atoms with Crippen molar-refractivity contribution in [1.82, 2.24) is 0 Å². The molecule has 0 aromatic carbocycles. The van der Waals surface area contributed by atoms with Crippen LogP contribution < -0.4 is 5.73 Å². The summed E-state index contributed by atoms with van der Waals surface area (Å²) in [7, 11) is 1.68. The van der Waals surface area contributed by atoms with Crippen LogP contribution in [0.3, 0.4) is 0 Å². The average molecular weight is 91.2 g/mol. The van der Waals surface area contributed by atoms with E-state index in [1.165, 1.54) is 0 Å². The molecule has 0 aromatic rings. The molecule has 6 heavy (non-hydrogen) atoms. The van der Waals surface area contributed by atoms with Crippen LogP contribution in [0.15, 0.2) is 0 Å². The number of nitrogens with two attached hydrogens (primary N) is 1. The summed E-state index contributed by atoms with van der Waals surface area (Å²) in [5, 5.41) is 0. The van der Waals surface area contributed by atoms with Crippen LogP contribution in [-0.2, 0) is 4.74 Å². The Balaban J connectivity index is 0. The SMILES string of the molecule is COCCCN.[HH]. The van der Waals surface area contributed by atoms with E-state index in [1.54, 1.807) is 7.11 Å². The third-order valence-corrected chi connectivity index (χ3v) is 0.553. The van der Waals surface area contributed by atoms with E-state index in [0.29, 0.717) is 0 Å². The van der Waals surface area contributed by atoms with Gasteiger partial charge in [-0.15, -0.1) is 0 Å². The van der Waals surface area contributed by atoms with Gasteiger partial charge in [0.15, 0.2) is 0 Å². The van der Waals surface area contributed by atoms with Gasteiger partial charge in [-0.25, -0.2) is 0 Å². The maximum absolute atomic E-state index is 5.13. The van der Waals surface area contributed by atoms with Crippen molar-refractivity contribution in [2.75, 3.05) is 20.3 Å². The van der Waals surface area contributed by atoms with Crippen LogP contribution in [0.4, 0.5) is 0 Å². The summed E-state index contributed by atoms with van der Waals surface area (Å²) in [6.07, 6.45) is 0.969. The van der Waals surface area contributed by atoms with Crippen LogP contribution in [-0.4, -0.2) is 20.3 Å². The van der Waals surface area contributed by atoms with Gasteiger partial charge in [0.25, 0.3) is 0 Å². The molecule has 0 spiro atoms. The smallest absolute Gasteiger partial charge is 0.0474 e. The third-order valence-electron chi connectivity index (χ3n) is 0.553. The molecule has 0 radical (unpaired) electrons. The fourth-order valence-corrected chi connectivity index (χ4v) is 0.228. The van der Waals surface area contributed by atoms with E-state index in [2.05, 4.69) is 0 Å². The van der Waals surface area contributed by atoms with Crippen LogP contribution >= 0.6 is 0 Å². The highest BCUT2D eigenvalue weighted by atomic mass is 16.5. The van der Waals surface area contributed by atoms with Crippen molar-refractivity contribution in [3.8, 4) is 0 Å². The number of hydrogen-bond donors (Lipinski definition) is 1. The Labute approximate surface area is 39.8 Å². The van der Waals surface area contributed by atoms with E-state index in [4.69, 9.17) is 10.5 Å². The largest absolute Gasteiger partial charge is 0.385 e. The molecule has 0 aromatic heterocycles. The van der Waals surface area contributed by atoms with Crippen molar-refractivity contribution < 1.29 is 6.16 Å². The van der Waals surface area contributed by atoms with Gasteiger partial charge in [0.05, 0.1) is 0 Å². The quantitative estimate of drug-likeness (QED) is 0.504. The first-order chi connectivity index (χ1) is 2.91. The Bertz CT molecular complexity index is 23.7. The van der Waals surface area contributed by atoms with Gasteiger partial charge in [-0.1, -0.05) is 0 Å². The van der Waals surface area contributed by atoms with Crippen LogP contribution in [0.2, 0.25) is 0 Å². The molecular formula is C4H13NO. The van der Waals surface area contributed by atoms with Crippen LogP contribution in [0.1, 0.15) is 7.85 Å². The van der Waals surface area contributed by atoms with Gasteiger partial charge in [-0.3, -0.25) is 0 Å². The molecule has 0 bridgehead atoms. The zero-order valence-electron chi connectivity index (χ0n) is 4.11. The zero-order valence-corrected chi connectivity index (χ0v) is 4.11. The van der Waals surface area contributed by atoms with Crippen molar-refractivity contribution in [3.63, 3.8) is 0 Å². The number of rotatable bonds is 3. The number of ether oxygens (including phenoxy) is 1. The lowest BCUT2D eigenvalue weighted by Crippen LogP contribution is -2.01. The Morgan fingerprint density at radius 2 is 2.50 bits per heavy atom. The molecule has 0 aliphatic heterocycles. The fraction of sp³-hybridized carbons (Fsp3) is 1.00. The second-order valence-electron chi connectivity index (χ2n) is 1.14. The van der Waals surface area contributed by atoms with Gasteiger partial charge in [0.2, 0.25) is 0 Å². The van der Waals surface area contributed by atoms with Gasteiger partial charge in [-0.05, 0) is 13.0 Å². The lowest BCUT2D eigenvalue weighted by Gasteiger charge is -1.89. The number of hydrogen-bond acceptors (Lipinski definition) is 2. The highest BCUT2D eigenvalue weighted by Crippen LogP contribution is 1.70. The van der Waals surface area contributed by atoms with Gasteiger partial charge in [0.1, 0.15) is 0 Å². The molecule has 0 amide bonds. The van der Waals surface area contributed by atoms with Gasteiger partial charge in [0, 0.05) is 15.1 Å². The predicted octanol–water partition coefficient (Wildman–Crippen LogP) is 0.228. The van der Waals surface area contributed by atoms with E-state index >= 15 is 0 Å². The predicted molar refractivity (Wildman–Crippen MR) is 27.7 cm³/mol. The van der Waals surface area contributed by atoms with E-state index in [-0.39, 0.29) is 1.43 Å². The summed E-state index contributed by atoms with van der Waals surface area (Å²) in [6.45, 7) is 1.52. The first-order valence-corrected chi connectivity index (χ1v) is 2.11. The molecule has 0 saturated carbocycles. The van der Waals surface area contributed by atoms with E-state index in [0.717, 1.165) is 19.6 Å². The Hall–Kier alpha value is -0.0800. The molecule has 0 rings (SSSR count). The third kappa shape index (κ3) is 3.92. The minimum Gasteiger partial charge on any atom is -0.385 e. The molecule has 0 heterocycles. The normalized spacial score (nSPS) is 9.00. The summed E-state index contributed by atoms with van der Waals surface area (Å²) < 4.78 is 4.70. The second-order valence-corrected chi connectivity index (χ2v) is 1.14. The molecule has 0 unspecified atom stereocenters. The van der Waals surface area contributed by atoms with Crippen molar-refractivity contribution in [3.05, 3.63) is 0 Å². The summed E-state index contributed by atoms with van der Waals surface area (Å²) in [5.41, 5.74) is 5.13. The maximum atomic E-state index is 5.13. The molecule has 2 N–H and O–H groups in total. The van der Waals surface area contributed by atoms with Crippen molar-refractivity contribution >= 4 is 0 Å². The molecule has 2 nitrogen and oxygen atoms in total. The summed E-state index contributed by atoms with van der Waals surface area (Å²) in [5.74, 6) is 0. The lowest BCUT2D eigenvalue weighted by atomic mass is 10.5. The first-order valence-electron chi connectivity index (χ1n) is 2.11. The van der Waals surface area contributed by atoms with Crippen molar-refractivity contribution in [1.29, 1.82) is 0 Å². The molecule has 0 atom stereocenters. The molecule has 2 heteroatoms. The van der Waals surface area contributed by atoms with Gasteiger partial charge >= 0.3 is 0 Å². The average Bonchev–Trinajstić information content (AvgIpc) is 1.61. The standard InChI is InChI=1S/C4H11NO.H2/c1-6-4-2-3-5;/h2-5H2,1H3;1H. The molecule has 40 valence electrons. The molecular weight excluding hydrogens is 78.0 g/mol. The molecule has 0 saturated heterocycles. The van der Waals surface area contributed by atoms with E-state index in [9.17, 15) is 0 Å². The van der Waals surface area contributed by atoms with Gasteiger partial charge in [-0.2, -0.15) is 0 Å². The highest BCUT2D eigenvalue weighted by Gasteiger charge is 1.74. The van der Waals surface area contributed by atoms with Crippen molar-refractivity contribution in [2.45, 2.75) is 6.42 Å². The highest BCUT2D eigenvalue weighted by molar-refractivity contribution is 4.31. The molecule has 0 fully saturated rings. The topological polar surface area (TPSA) is 35.2 Å². The van der Waals surface area contributed by atoms with E-state index in [1.807, 2.05) is 0 Å². The number of methoxy groups -OCH3 is 1. The summed E-state index contributed by atoms with van der Waals surface area (Å²) >= 11 is 0. The summed E-state index contributed by atoms with van der Waals surface area (Å²) in [6, 6.07) is 0. The minimum absolute atomic E-state index is 0. The maximum Gasteiger partial charge on any atom is 0.0474 e. The Morgan fingerprint density at radius 1 is 1.83 bits per heavy atom. The minimum atomic E-state index is 0. The monoisotopic (exact) mass is 91.1 g/mol. The van der Waals surface area contributed by atoms with E-state index < -0.39 is 0 Å². The van der Waals surface area contributed by atoms with Crippen LogP contribution in [0, 0.1) is 0 Å². The van der Waals surface area contributed by atoms with Crippen LogP contribution in [0.5, 0.6) is 0 Å². The zero-order chi connectivity index (χ0) is 4.83. The molecule has 0 aliphatic rings. The fourth-order valence-electron chi connectivity index (χ4n) is 0.228. The van der Waals surface area contributed by atoms with Crippen molar-refractivity contribution in [2.24, 2.45) is 5.73 Å². The summed E-state index contributed by atoms with van der Waals surface area (Å²) in [4.78, 5) is 0. The lowest BCUT2D eigenvalue weighted by molar-refractivity contribution is 0.197. The van der Waals surface area contributed by atoms with Crippen LogP contribution in [0.25, 0.3) is 0 Å². The first kappa shape index (κ1) is 5.92. The molecule has 0 aliphatic carbocycles. The second kappa shape index (κ2) is 4.92. The Kier molecular flexibility index (Phi) is 4.85. The van der Waals surface area contributed by atoms with Gasteiger partial charge < -0.3 is 10.5 Å². The Morgan fingerprint density at radius 3 is 2.67 bits per heavy atom.